The smallest absolute Gasteiger partial charge is 0.236 e. The molecule has 0 aromatic carbocycles. The fraction of sp³-hybridized carbons (Fsp3) is 0.500. The number of rotatable bonds is 4. The zero-order valence-electron chi connectivity index (χ0n) is 7.87. The summed E-state index contributed by atoms with van der Waals surface area (Å²) in [7, 11) is 3.50. The summed E-state index contributed by atoms with van der Waals surface area (Å²) in [6.07, 6.45) is 3.41. The van der Waals surface area contributed by atoms with E-state index in [0.717, 1.165) is 5.82 Å². The highest BCUT2D eigenvalue weighted by Gasteiger charge is 2.08. The molecule has 5 heteroatoms. The van der Waals surface area contributed by atoms with E-state index < -0.39 is 0 Å². The van der Waals surface area contributed by atoms with Gasteiger partial charge in [-0.05, 0) is 7.05 Å². The Kier molecular flexibility index (Phi) is 3.45. The second-order valence-corrected chi connectivity index (χ2v) is 2.82. The molecule has 0 aliphatic carbocycles. The van der Waals surface area contributed by atoms with Crippen molar-refractivity contribution in [1.29, 1.82) is 0 Å². The molecule has 0 unspecified atom stereocenters. The van der Waals surface area contributed by atoms with E-state index in [1.54, 1.807) is 31.4 Å². The van der Waals surface area contributed by atoms with Gasteiger partial charge in [0.15, 0.2) is 0 Å². The van der Waals surface area contributed by atoms with Gasteiger partial charge >= 0.3 is 0 Å². The molecular weight excluding hydrogens is 168 g/mol. The summed E-state index contributed by atoms with van der Waals surface area (Å²) in [6.45, 7) is 0.880. The van der Waals surface area contributed by atoms with Gasteiger partial charge in [0, 0.05) is 19.4 Å². The molecule has 1 aromatic rings. The Balaban J connectivity index is 2.41. The van der Waals surface area contributed by atoms with Gasteiger partial charge in [-0.2, -0.15) is 0 Å². The Bertz CT molecular complexity index is 257. The molecular formula is C8H14N4O. The lowest BCUT2D eigenvalue weighted by molar-refractivity contribution is -0.129. The molecule has 1 heterocycles. The number of nitrogens with one attached hydrogen (secondary N) is 2. The first-order chi connectivity index (χ1) is 6.24. The molecule has 0 bridgehead atoms. The highest BCUT2D eigenvalue weighted by molar-refractivity contribution is 5.77. The van der Waals surface area contributed by atoms with Gasteiger partial charge < -0.3 is 15.2 Å². The third-order valence-corrected chi connectivity index (χ3v) is 1.70. The molecule has 0 aliphatic rings. The van der Waals surface area contributed by atoms with Crippen LogP contribution in [0.1, 0.15) is 5.82 Å². The van der Waals surface area contributed by atoms with Gasteiger partial charge in [0.25, 0.3) is 0 Å². The molecule has 1 rings (SSSR count). The minimum Gasteiger partial charge on any atom is -0.347 e. The number of imidazole rings is 1. The van der Waals surface area contributed by atoms with Gasteiger partial charge in [-0.3, -0.25) is 4.79 Å². The average Bonchev–Trinajstić information content (AvgIpc) is 2.57. The summed E-state index contributed by atoms with van der Waals surface area (Å²) in [5, 5.41) is 2.81. The van der Waals surface area contributed by atoms with Gasteiger partial charge in [-0.25, -0.2) is 4.98 Å². The highest BCUT2D eigenvalue weighted by Crippen LogP contribution is 1.94. The number of nitrogens with zero attached hydrogens (tertiary/aromatic N) is 2. The normalized spacial score (nSPS) is 10.0. The van der Waals surface area contributed by atoms with E-state index in [1.807, 2.05) is 0 Å². The molecule has 0 spiro atoms. The van der Waals surface area contributed by atoms with Crippen LogP contribution in [0.4, 0.5) is 0 Å². The van der Waals surface area contributed by atoms with Crippen molar-refractivity contribution in [3.63, 3.8) is 0 Å². The second-order valence-electron chi connectivity index (χ2n) is 2.82. The Labute approximate surface area is 77.2 Å². The van der Waals surface area contributed by atoms with Crippen LogP contribution in [-0.4, -0.2) is 41.4 Å². The lowest BCUT2D eigenvalue weighted by Gasteiger charge is -2.14. The van der Waals surface area contributed by atoms with Crippen molar-refractivity contribution < 1.29 is 4.79 Å². The molecule has 72 valence electrons. The van der Waals surface area contributed by atoms with E-state index in [0.29, 0.717) is 13.1 Å². The van der Waals surface area contributed by atoms with Crippen LogP contribution in [0.3, 0.4) is 0 Å². The maximum absolute atomic E-state index is 11.3. The Hall–Kier alpha value is -1.36. The zero-order valence-corrected chi connectivity index (χ0v) is 7.87. The van der Waals surface area contributed by atoms with Crippen LogP contribution in [-0.2, 0) is 11.3 Å². The van der Waals surface area contributed by atoms with E-state index in [2.05, 4.69) is 15.3 Å². The predicted molar refractivity (Wildman–Crippen MR) is 49.0 cm³/mol. The van der Waals surface area contributed by atoms with E-state index in [9.17, 15) is 4.79 Å². The molecule has 0 atom stereocenters. The van der Waals surface area contributed by atoms with Gasteiger partial charge in [0.1, 0.15) is 5.82 Å². The first-order valence-corrected chi connectivity index (χ1v) is 4.11. The molecule has 0 saturated carbocycles. The lowest BCUT2D eigenvalue weighted by Crippen LogP contribution is -2.33. The molecule has 0 saturated heterocycles. The summed E-state index contributed by atoms with van der Waals surface area (Å²) < 4.78 is 0. The summed E-state index contributed by atoms with van der Waals surface area (Å²) in [6, 6.07) is 0. The maximum atomic E-state index is 11.3. The number of hydrogen-bond donors (Lipinski definition) is 2. The molecule has 0 fully saturated rings. The van der Waals surface area contributed by atoms with E-state index in [1.165, 1.54) is 0 Å². The van der Waals surface area contributed by atoms with Crippen molar-refractivity contribution in [2.75, 3.05) is 20.6 Å². The minimum absolute atomic E-state index is 0.0545. The highest BCUT2D eigenvalue weighted by atomic mass is 16.2. The zero-order chi connectivity index (χ0) is 9.68. The Morgan fingerprint density at radius 1 is 1.77 bits per heavy atom. The number of aromatic amines is 1. The van der Waals surface area contributed by atoms with Gasteiger partial charge in [0.05, 0.1) is 13.1 Å². The van der Waals surface area contributed by atoms with Crippen molar-refractivity contribution in [2.24, 2.45) is 0 Å². The summed E-state index contributed by atoms with van der Waals surface area (Å²) in [4.78, 5) is 19.9. The summed E-state index contributed by atoms with van der Waals surface area (Å²) in [5.41, 5.74) is 0. The van der Waals surface area contributed by atoms with Gasteiger partial charge in [0.2, 0.25) is 5.91 Å². The van der Waals surface area contributed by atoms with Gasteiger partial charge in [-0.15, -0.1) is 0 Å². The van der Waals surface area contributed by atoms with Crippen molar-refractivity contribution >= 4 is 5.91 Å². The molecule has 13 heavy (non-hydrogen) atoms. The number of carbonyl (C=O) groups excluding carboxylic acids is 1. The van der Waals surface area contributed by atoms with Crippen molar-refractivity contribution in [1.82, 2.24) is 20.2 Å². The van der Waals surface area contributed by atoms with Crippen LogP contribution in [0.2, 0.25) is 0 Å². The number of likely N-dealkylation sites (N-methyl/N-ethyl adjacent to an activating group) is 2. The topological polar surface area (TPSA) is 61.0 Å². The van der Waals surface area contributed by atoms with Crippen LogP contribution in [0.15, 0.2) is 12.4 Å². The van der Waals surface area contributed by atoms with Crippen LogP contribution in [0.5, 0.6) is 0 Å². The number of amides is 1. The van der Waals surface area contributed by atoms with Crippen LogP contribution in [0, 0.1) is 0 Å². The third-order valence-electron chi connectivity index (χ3n) is 1.70. The number of aromatic nitrogens is 2. The van der Waals surface area contributed by atoms with E-state index >= 15 is 0 Å². The fourth-order valence-corrected chi connectivity index (χ4v) is 0.983. The quantitative estimate of drug-likeness (QED) is 0.665. The number of H-pyrrole nitrogens is 1. The van der Waals surface area contributed by atoms with Crippen molar-refractivity contribution in [3.05, 3.63) is 18.2 Å². The van der Waals surface area contributed by atoms with Crippen LogP contribution >= 0.6 is 0 Å². The molecule has 0 aliphatic heterocycles. The molecule has 1 amide bonds. The van der Waals surface area contributed by atoms with E-state index in [4.69, 9.17) is 0 Å². The second kappa shape index (κ2) is 4.61. The van der Waals surface area contributed by atoms with Crippen molar-refractivity contribution in [3.8, 4) is 0 Å². The molecule has 5 nitrogen and oxygen atoms in total. The van der Waals surface area contributed by atoms with Crippen LogP contribution in [0.25, 0.3) is 0 Å². The Morgan fingerprint density at radius 2 is 2.54 bits per heavy atom. The minimum atomic E-state index is 0.0545. The SMILES string of the molecule is CNCC(=O)N(C)Cc1ncc[nH]1. The predicted octanol–water partition coefficient (Wildman–Crippen LogP) is -0.413. The standard InChI is InChI=1S/C8H14N4O/c1-9-5-8(13)12(2)6-7-10-3-4-11-7/h3-4,9H,5-6H2,1-2H3,(H,10,11). The monoisotopic (exact) mass is 182 g/mol. The first kappa shape index (κ1) is 9.73. The van der Waals surface area contributed by atoms with Crippen LogP contribution < -0.4 is 5.32 Å². The number of hydrogen-bond acceptors (Lipinski definition) is 3. The molecule has 2 N–H and O–H groups in total. The summed E-state index contributed by atoms with van der Waals surface area (Å²) >= 11 is 0. The lowest BCUT2D eigenvalue weighted by atomic mass is 10.4. The Morgan fingerprint density at radius 3 is 3.08 bits per heavy atom. The van der Waals surface area contributed by atoms with Gasteiger partial charge in [-0.1, -0.05) is 0 Å². The third kappa shape index (κ3) is 2.87. The molecule has 0 radical (unpaired) electrons. The summed E-state index contributed by atoms with van der Waals surface area (Å²) in [5.74, 6) is 0.853. The number of carbonyl (C=O) groups is 1. The molecule has 1 aromatic heterocycles. The average molecular weight is 182 g/mol. The first-order valence-electron chi connectivity index (χ1n) is 4.11. The van der Waals surface area contributed by atoms with E-state index in [-0.39, 0.29) is 5.91 Å². The van der Waals surface area contributed by atoms with Crippen molar-refractivity contribution in [2.45, 2.75) is 6.54 Å². The maximum Gasteiger partial charge on any atom is 0.236 e. The fourth-order valence-electron chi connectivity index (χ4n) is 0.983. The largest absolute Gasteiger partial charge is 0.347 e.